The normalized spacial score (nSPS) is 27.0. The fourth-order valence-corrected chi connectivity index (χ4v) is 3.45. The van der Waals surface area contributed by atoms with Gasteiger partial charge in [0.05, 0.1) is 0 Å². The molecule has 6 nitrogen and oxygen atoms in total. The third-order valence-electron chi connectivity index (χ3n) is 4.25. The van der Waals surface area contributed by atoms with Crippen LogP contribution in [0.5, 0.6) is 5.88 Å². The maximum atomic E-state index is 12.1. The summed E-state index contributed by atoms with van der Waals surface area (Å²) in [5.41, 5.74) is -0.451. The second-order valence-corrected chi connectivity index (χ2v) is 7.70. The number of halogens is 1. The summed E-state index contributed by atoms with van der Waals surface area (Å²) in [7, 11) is 0. The highest BCUT2D eigenvalue weighted by atomic mass is 35.5. The highest BCUT2D eigenvalue weighted by Crippen LogP contribution is 2.39. The quantitative estimate of drug-likeness (QED) is 0.828. The first-order valence-electron chi connectivity index (χ1n) is 7.94. The molecule has 1 aromatic heterocycles. The first kappa shape index (κ1) is 16.3. The standard InChI is InChI=1S/C16H22ClN3O3/c1-16(2,3)23-15(21)20-8-10-6-12(7-11(10)9-20)22-14-5-4-13(17)18-19-14/h4-5,10-12H,6-9H2,1-3H3/t10-,11?,12+/m1/s1. The van der Waals surface area contributed by atoms with Gasteiger partial charge in [0.25, 0.3) is 0 Å². The smallest absolute Gasteiger partial charge is 0.410 e. The van der Waals surface area contributed by atoms with Gasteiger partial charge in [-0.3, -0.25) is 0 Å². The molecule has 0 aromatic carbocycles. The van der Waals surface area contributed by atoms with Crippen LogP contribution < -0.4 is 4.74 Å². The lowest BCUT2D eigenvalue weighted by atomic mass is 10.0. The van der Waals surface area contributed by atoms with Crippen molar-refractivity contribution in [3.8, 4) is 5.88 Å². The van der Waals surface area contributed by atoms with Gasteiger partial charge in [0, 0.05) is 19.2 Å². The van der Waals surface area contributed by atoms with Crippen molar-refractivity contribution in [3.63, 3.8) is 0 Å². The van der Waals surface area contributed by atoms with Crippen LogP contribution in [0.3, 0.4) is 0 Å². The van der Waals surface area contributed by atoms with Crippen molar-refractivity contribution < 1.29 is 14.3 Å². The van der Waals surface area contributed by atoms with Crippen molar-refractivity contribution in [3.05, 3.63) is 17.3 Å². The zero-order valence-corrected chi connectivity index (χ0v) is 14.4. The van der Waals surface area contributed by atoms with E-state index in [1.54, 1.807) is 12.1 Å². The second kappa shape index (κ2) is 6.15. The van der Waals surface area contributed by atoms with Gasteiger partial charge in [0.2, 0.25) is 5.88 Å². The molecule has 0 bridgehead atoms. The van der Waals surface area contributed by atoms with E-state index < -0.39 is 5.60 Å². The molecule has 2 fully saturated rings. The summed E-state index contributed by atoms with van der Waals surface area (Å²) in [6, 6.07) is 3.40. The van der Waals surface area contributed by atoms with Gasteiger partial charge < -0.3 is 14.4 Å². The molecule has 3 rings (SSSR count). The predicted octanol–water partition coefficient (Wildman–Crippen LogP) is 3.15. The highest BCUT2D eigenvalue weighted by molar-refractivity contribution is 6.29. The first-order chi connectivity index (χ1) is 10.8. The Morgan fingerprint density at radius 1 is 1.22 bits per heavy atom. The number of amides is 1. The summed E-state index contributed by atoms with van der Waals surface area (Å²) in [5.74, 6) is 1.43. The van der Waals surface area contributed by atoms with Crippen LogP contribution in [0.2, 0.25) is 5.15 Å². The molecule has 23 heavy (non-hydrogen) atoms. The number of carbonyl (C=O) groups is 1. The van der Waals surface area contributed by atoms with Crippen LogP contribution in [0.4, 0.5) is 4.79 Å². The summed E-state index contributed by atoms with van der Waals surface area (Å²) in [6.45, 7) is 7.15. The molecular weight excluding hydrogens is 318 g/mol. The lowest BCUT2D eigenvalue weighted by Gasteiger charge is -2.25. The van der Waals surface area contributed by atoms with Crippen molar-refractivity contribution in [1.29, 1.82) is 0 Å². The van der Waals surface area contributed by atoms with Gasteiger partial charge in [0.15, 0.2) is 5.15 Å². The van der Waals surface area contributed by atoms with Crippen molar-refractivity contribution in [2.45, 2.75) is 45.3 Å². The summed E-state index contributed by atoms with van der Waals surface area (Å²) in [4.78, 5) is 14.0. The minimum Gasteiger partial charge on any atom is -0.473 e. The van der Waals surface area contributed by atoms with Gasteiger partial charge in [-0.25, -0.2) is 4.79 Å². The molecule has 1 aromatic rings. The van der Waals surface area contributed by atoms with Crippen molar-refractivity contribution in [1.82, 2.24) is 15.1 Å². The summed E-state index contributed by atoms with van der Waals surface area (Å²) < 4.78 is 11.3. The van der Waals surface area contributed by atoms with Crippen LogP contribution in [0, 0.1) is 11.8 Å². The topological polar surface area (TPSA) is 64.5 Å². The Balaban J connectivity index is 1.51. The van der Waals surface area contributed by atoms with Crippen LogP contribution >= 0.6 is 11.6 Å². The van der Waals surface area contributed by atoms with E-state index in [4.69, 9.17) is 21.1 Å². The molecule has 1 aliphatic carbocycles. The van der Waals surface area contributed by atoms with Crippen LogP contribution in [-0.2, 0) is 4.74 Å². The van der Waals surface area contributed by atoms with E-state index in [1.165, 1.54) is 0 Å². The lowest BCUT2D eigenvalue weighted by Crippen LogP contribution is -2.36. The molecule has 2 heterocycles. The second-order valence-electron chi connectivity index (χ2n) is 7.31. The Kier molecular flexibility index (Phi) is 4.36. The zero-order chi connectivity index (χ0) is 16.6. The van der Waals surface area contributed by atoms with Crippen LogP contribution in [0.25, 0.3) is 0 Å². The molecule has 1 aliphatic heterocycles. The highest BCUT2D eigenvalue weighted by Gasteiger charge is 2.44. The number of fused-ring (bicyclic) bond motifs is 1. The Bertz CT molecular complexity index is 559. The molecule has 126 valence electrons. The van der Waals surface area contributed by atoms with E-state index in [1.807, 2.05) is 25.7 Å². The molecule has 1 saturated carbocycles. The van der Waals surface area contributed by atoms with Gasteiger partial charge in [-0.2, -0.15) is 0 Å². The molecule has 0 radical (unpaired) electrons. The van der Waals surface area contributed by atoms with Crippen LogP contribution in [0.1, 0.15) is 33.6 Å². The number of rotatable bonds is 2. The number of aromatic nitrogens is 2. The average Bonchev–Trinajstić information content (AvgIpc) is 2.97. The Labute approximate surface area is 141 Å². The number of likely N-dealkylation sites (tertiary alicyclic amines) is 1. The minimum atomic E-state index is -0.451. The van der Waals surface area contributed by atoms with E-state index in [9.17, 15) is 4.79 Å². The molecule has 7 heteroatoms. The van der Waals surface area contributed by atoms with Gasteiger partial charge in [-0.05, 0) is 51.5 Å². The zero-order valence-electron chi connectivity index (χ0n) is 13.7. The molecule has 1 saturated heterocycles. The SMILES string of the molecule is CC(C)(C)OC(=O)N1CC2C[C@@H](Oc3ccc(Cl)nn3)C[C@@H]2C1. The fraction of sp³-hybridized carbons (Fsp3) is 0.688. The molecule has 0 N–H and O–H groups in total. The Morgan fingerprint density at radius 2 is 1.87 bits per heavy atom. The van der Waals surface area contributed by atoms with Gasteiger partial charge in [-0.1, -0.05) is 11.6 Å². The molecule has 1 amide bonds. The molecular formula is C16H22ClN3O3. The monoisotopic (exact) mass is 339 g/mol. The van der Waals surface area contributed by atoms with Gasteiger partial charge >= 0.3 is 6.09 Å². The van der Waals surface area contributed by atoms with E-state index in [0.717, 1.165) is 25.9 Å². The van der Waals surface area contributed by atoms with Gasteiger partial charge in [-0.15, -0.1) is 10.2 Å². The molecule has 1 unspecified atom stereocenters. The first-order valence-corrected chi connectivity index (χ1v) is 8.32. The molecule has 3 atom stereocenters. The minimum absolute atomic E-state index is 0.126. The number of nitrogens with zero attached hydrogens (tertiary/aromatic N) is 3. The average molecular weight is 340 g/mol. The number of hydrogen-bond donors (Lipinski definition) is 0. The largest absolute Gasteiger partial charge is 0.473 e. The van der Waals surface area contributed by atoms with E-state index in [2.05, 4.69) is 10.2 Å². The van der Waals surface area contributed by atoms with E-state index in [-0.39, 0.29) is 12.2 Å². The van der Waals surface area contributed by atoms with Crippen molar-refractivity contribution in [2.24, 2.45) is 11.8 Å². The molecule has 2 aliphatic rings. The predicted molar refractivity (Wildman–Crippen MR) is 85.5 cm³/mol. The third kappa shape index (κ3) is 4.05. The maximum absolute atomic E-state index is 12.1. The third-order valence-corrected chi connectivity index (χ3v) is 4.46. The van der Waals surface area contributed by atoms with Crippen molar-refractivity contribution in [2.75, 3.05) is 13.1 Å². The Hall–Kier alpha value is -1.56. The van der Waals surface area contributed by atoms with E-state index >= 15 is 0 Å². The number of hydrogen-bond acceptors (Lipinski definition) is 5. The number of carbonyl (C=O) groups excluding carboxylic acids is 1. The molecule has 0 spiro atoms. The maximum Gasteiger partial charge on any atom is 0.410 e. The lowest BCUT2D eigenvalue weighted by molar-refractivity contribution is 0.0271. The van der Waals surface area contributed by atoms with Crippen LogP contribution in [0.15, 0.2) is 12.1 Å². The van der Waals surface area contributed by atoms with Crippen molar-refractivity contribution >= 4 is 17.7 Å². The fourth-order valence-electron chi connectivity index (χ4n) is 3.35. The van der Waals surface area contributed by atoms with E-state index in [0.29, 0.717) is 22.9 Å². The van der Waals surface area contributed by atoms with Gasteiger partial charge in [0.1, 0.15) is 11.7 Å². The summed E-state index contributed by atoms with van der Waals surface area (Å²) in [6.07, 6.45) is 1.76. The number of ether oxygens (including phenoxy) is 2. The Morgan fingerprint density at radius 3 is 2.39 bits per heavy atom. The van der Waals surface area contributed by atoms with Crippen LogP contribution in [-0.4, -0.2) is 46.0 Å². The summed E-state index contributed by atoms with van der Waals surface area (Å²) in [5, 5.41) is 8.07. The summed E-state index contributed by atoms with van der Waals surface area (Å²) >= 11 is 5.72.